The first-order valence-corrected chi connectivity index (χ1v) is 9.30. The summed E-state index contributed by atoms with van der Waals surface area (Å²) in [5.74, 6) is 0.588. The van der Waals surface area contributed by atoms with Gasteiger partial charge in [-0.25, -0.2) is 19.8 Å². The van der Waals surface area contributed by atoms with Gasteiger partial charge in [0.1, 0.15) is 12.0 Å². The van der Waals surface area contributed by atoms with E-state index in [1.807, 2.05) is 39.0 Å². The molecule has 0 saturated carbocycles. The van der Waals surface area contributed by atoms with Gasteiger partial charge in [-0.3, -0.25) is 10.2 Å². The molecule has 1 saturated heterocycles. The van der Waals surface area contributed by atoms with E-state index >= 15 is 0 Å². The minimum Gasteiger partial charge on any atom is -0.338 e. The summed E-state index contributed by atoms with van der Waals surface area (Å²) in [4.78, 5) is 36.2. The fraction of sp³-hybridized carbons (Fsp3) is 0.368. The van der Waals surface area contributed by atoms with E-state index in [1.165, 1.54) is 6.33 Å². The molecular formula is C19H23N7O2. The topological polar surface area (TPSA) is 115 Å². The van der Waals surface area contributed by atoms with E-state index in [2.05, 4.69) is 31.0 Å². The van der Waals surface area contributed by atoms with Gasteiger partial charge >= 0.3 is 6.03 Å². The number of nitrogens with zero attached hydrogens (tertiary/aromatic N) is 3. The molecule has 9 nitrogen and oxygen atoms in total. The number of aromatic amines is 1. The first-order valence-electron chi connectivity index (χ1n) is 9.30. The summed E-state index contributed by atoms with van der Waals surface area (Å²) in [7, 11) is 0. The van der Waals surface area contributed by atoms with Crippen molar-refractivity contribution in [1.29, 1.82) is 0 Å². The zero-order valence-corrected chi connectivity index (χ0v) is 16.1. The van der Waals surface area contributed by atoms with Crippen molar-refractivity contribution < 1.29 is 9.59 Å². The Morgan fingerprint density at radius 3 is 2.86 bits per heavy atom. The Kier molecular flexibility index (Phi) is 4.29. The summed E-state index contributed by atoms with van der Waals surface area (Å²) in [6.45, 7) is 6.44. The molecule has 1 fully saturated rings. The highest BCUT2D eigenvalue weighted by molar-refractivity contribution is 6.15. The molecule has 2 aromatic heterocycles. The van der Waals surface area contributed by atoms with Crippen LogP contribution in [0, 0.1) is 0 Å². The summed E-state index contributed by atoms with van der Waals surface area (Å²) in [5, 5.41) is 8.84. The molecule has 4 rings (SSSR count). The molecule has 3 amide bonds. The van der Waals surface area contributed by atoms with Crippen LogP contribution in [0.5, 0.6) is 0 Å². The molecule has 9 heteroatoms. The summed E-state index contributed by atoms with van der Waals surface area (Å²) >= 11 is 0. The second-order valence-corrected chi connectivity index (χ2v) is 7.44. The Bertz CT molecular complexity index is 1070. The van der Waals surface area contributed by atoms with Gasteiger partial charge in [-0.05, 0) is 33.3 Å². The minimum atomic E-state index is -0.300. The number of para-hydroxylation sites is 1. The van der Waals surface area contributed by atoms with Crippen molar-refractivity contribution in [2.75, 3.05) is 17.3 Å². The number of H-pyrrole nitrogens is 1. The lowest BCUT2D eigenvalue weighted by Crippen LogP contribution is -2.45. The number of hydrazine groups is 1. The highest BCUT2D eigenvalue weighted by atomic mass is 16.2. The Morgan fingerprint density at radius 1 is 1.32 bits per heavy atom. The second-order valence-electron chi connectivity index (χ2n) is 7.44. The molecule has 146 valence electrons. The quantitative estimate of drug-likeness (QED) is 0.555. The summed E-state index contributed by atoms with van der Waals surface area (Å²) in [5.41, 5.74) is 4.92. The third-order valence-electron chi connectivity index (χ3n) is 5.03. The number of anilines is 2. The molecule has 3 aromatic rings. The molecule has 1 aliphatic rings. The first kappa shape index (κ1) is 18.0. The second kappa shape index (κ2) is 6.66. The Hall–Kier alpha value is -3.36. The van der Waals surface area contributed by atoms with Gasteiger partial charge in [0.25, 0.3) is 0 Å². The van der Waals surface area contributed by atoms with Gasteiger partial charge in [-0.2, -0.15) is 0 Å². The molecule has 0 bridgehead atoms. The monoisotopic (exact) mass is 381 g/mol. The van der Waals surface area contributed by atoms with Gasteiger partial charge in [-0.15, -0.1) is 0 Å². The molecule has 1 aliphatic heterocycles. The number of urea groups is 1. The molecule has 4 N–H and O–H groups in total. The number of nitrogens with one attached hydrogen (secondary N) is 4. The van der Waals surface area contributed by atoms with Crippen molar-refractivity contribution in [3.05, 3.63) is 24.5 Å². The Morgan fingerprint density at radius 2 is 2.14 bits per heavy atom. The fourth-order valence-electron chi connectivity index (χ4n) is 3.56. The van der Waals surface area contributed by atoms with Gasteiger partial charge in [0, 0.05) is 18.4 Å². The fourth-order valence-corrected chi connectivity index (χ4v) is 3.56. The van der Waals surface area contributed by atoms with E-state index in [-0.39, 0.29) is 17.5 Å². The Balaban J connectivity index is 1.79. The molecule has 1 aromatic carbocycles. The van der Waals surface area contributed by atoms with Crippen LogP contribution in [0.15, 0.2) is 24.5 Å². The van der Waals surface area contributed by atoms with Crippen LogP contribution < -0.4 is 16.1 Å². The van der Waals surface area contributed by atoms with Crippen LogP contribution in [0.4, 0.5) is 16.3 Å². The van der Waals surface area contributed by atoms with Gasteiger partial charge in [0.15, 0.2) is 5.82 Å². The smallest absolute Gasteiger partial charge is 0.319 e. The highest BCUT2D eigenvalue weighted by Gasteiger charge is 2.38. The number of rotatable bonds is 4. The van der Waals surface area contributed by atoms with Crippen molar-refractivity contribution in [2.24, 2.45) is 0 Å². The van der Waals surface area contributed by atoms with E-state index in [0.29, 0.717) is 30.1 Å². The van der Waals surface area contributed by atoms with Crippen LogP contribution in [0.2, 0.25) is 0 Å². The summed E-state index contributed by atoms with van der Waals surface area (Å²) in [6, 6.07) is 5.34. The van der Waals surface area contributed by atoms with Crippen LogP contribution in [0.3, 0.4) is 0 Å². The van der Waals surface area contributed by atoms with Crippen molar-refractivity contribution >= 4 is 45.4 Å². The third kappa shape index (κ3) is 2.98. The molecule has 0 unspecified atom stereocenters. The molecule has 0 radical (unpaired) electrons. The zero-order chi connectivity index (χ0) is 19.9. The zero-order valence-electron chi connectivity index (χ0n) is 16.1. The number of carbonyl (C=O) groups is 2. The molecule has 0 atom stereocenters. The number of benzene rings is 1. The number of aromatic nitrogens is 3. The average molecular weight is 381 g/mol. The average Bonchev–Trinajstić information content (AvgIpc) is 3.15. The maximum absolute atomic E-state index is 12.3. The maximum atomic E-state index is 12.3. The van der Waals surface area contributed by atoms with Crippen molar-refractivity contribution in [1.82, 2.24) is 25.3 Å². The van der Waals surface area contributed by atoms with Crippen LogP contribution in [0.25, 0.3) is 21.9 Å². The van der Waals surface area contributed by atoms with Crippen LogP contribution >= 0.6 is 0 Å². The first-order chi connectivity index (χ1) is 13.4. The standard InChI is InChI=1S/C19H23N7O2/c1-4-20-18(28)23-12-7-5-6-11-14-16(24-15(11)12)21-10-22-17(14)25-26-13(27)8-9-19(26,2)3/h5-7,10H,4,8-9H2,1-3H3,(H2,20,23,28)(H2,21,22,24,25). The largest absolute Gasteiger partial charge is 0.338 e. The van der Waals surface area contributed by atoms with E-state index in [0.717, 1.165) is 22.7 Å². The lowest BCUT2D eigenvalue weighted by molar-refractivity contribution is -0.129. The third-order valence-corrected chi connectivity index (χ3v) is 5.03. The molecule has 0 spiro atoms. The van der Waals surface area contributed by atoms with Crippen molar-refractivity contribution in [2.45, 2.75) is 39.2 Å². The predicted molar refractivity (Wildman–Crippen MR) is 108 cm³/mol. The lowest BCUT2D eigenvalue weighted by atomic mass is 10.0. The van der Waals surface area contributed by atoms with Gasteiger partial charge in [0.05, 0.1) is 22.1 Å². The number of amides is 3. The van der Waals surface area contributed by atoms with E-state index in [4.69, 9.17) is 0 Å². The summed E-state index contributed by atoms with van der Waals surface area (Å²) in [6.07, 6.45) is 2.73. The van der Waals surface area contributed by atoms with Crippen LogP contribution in [0.1, 0.15) is 33.6 Å². The van der Waals surface area contributed by atoms with Crippen LogP contribution in [-0.2, 0) is 4.79 Å². The highest BCUT2D eigenvalue weighted by Crippen LogP contribution is 2.35. The van der Waals surface area contributed by atoms with Crippen molar-refractivity contribution in [3.8, 4) is 0 Å². The van der Waals surface area contributed by atoms with E-state index in [1.54, 1.807) is 5.01 Å². The summed E-state index contributed by atoms with van der Waals surface area (Å²) < 4.78 is 0. The number of hydrogen-bond donors (Lipinski definition) is 4. The number of fused-ring (bicyclic) bond motifs is 3. The van der Waals surface area contributed by atoms with Gasteiger partial charge in [-0.1, -0.05) is 12.1 Å². The molecule has 28 heavy (non-hydrogen) atoms. The van der Waals surface area contributed by atoms with Crippen molar-refractivity contribution in [3.63, 3.8) is 0 Å². The van der Waals surface area contributed by atoms with E-state index < -0.39 is 0 Å². The molecule has 3 heterocycles. The predicted octanol–water partition coefficient (Wildman–Crippen LogP) is 2.98. The minimum absolute atomic E-state index is 0.0372. The molecule has 0 aliphatic carbocycles. The molecular weight excluding hydrogens is 358 g/mol. The SMILES string of the molecule is CCNC(=O)Nc1cccc2c1[nH]c1ncnc(NN3C(=O)CCC3(C)C)c12. The number of carbonyl (C=O) groups excluding carboxylic acids is 2. The van der Waals surface area contributed by atoms with Gasteiger partial charge in [0.2, 0.25) is 5.91 Å². The van der Waals surface area contributed by atoms with Crippen LogP contribution in [-0.4, -0.2) is 44.0 Å². The Labute approximate surface area is 161 Å². The van der Waals surface area contributed by atoms with E-state index in [9.17, 15) is 9.59 Å². The lowest BCUT2D eigenvalue weighted by Gasteiger charge is -2.32. The maximum Gasteiger partial charge on any atom is 0.319 e. The normalized spacial score (nSPS) is 16.0. The van der Waals surface area contributed by atoms with Gasteiger partial charge < -0.3 is 15.6 Å². The number of hydrogen-bond acceptors (Lipinski definition) is 5.